The van der Waals surface area contributed by atoms with Crippen molar-refractivity contribution in [1.29, 1.82) is 0 Å². The Kier molecular flexibility index (Phi) is 10.3. The van der Waals surface area contributed by atoms with Crippen LogP contribution in [0.3, 0.4) is 0 Å². The molecular weight excluding hydrogens is 548 g/mol. The molecule has 2 atom stereocenters. The van der Waals surface area contributed by atoms with E-state index < -0.39 is 58.5 Å². The lowest BCUT2D eigenvalue weighted by atomic mass is 9.62. The van der Waals surface area contributed by atoms with Crippen molar-refractivity contribution in [3.63, 3.8) is 0 Å². The van der Waals surface area contributed by atoms with E-state index in [1.54, 1.807) is 50.3 Å². The lowest BCUT2D eigenvalue weighted by Crippen LogP contribution is -2.51. The van der Waals surface area contributed by atoms with Gasteiger partial charge < -0.3 is 55.6 Å². The molecule has 0 radical (unpaired) electrons. The average molecular weight is 585 g/mol. The van der Waals surface area contributed by atoms with E-state index in [4.69, 9.17) is 9.47 Å². The van der Waals surface area contributed by atoms with Gasteiger partial charge in [-0.25, -0.2) is 4.99 Å². The standard InChI is InChI=1S/C30H36N2O10/c1-5-7-9-15(3)41-13-31-25-19(35)11-17(33)21(29(25)39)23-27(37)24(28(23)38)22-18(34)12-20(36)26(30(22)40)32-14-42-16(4)10-8-6-2/h5-13,23-24,27-28,32-40H,14H2,1-4H3/b7-5-,8-6-,15-9+,16-10+,31-13?. The third kappa shape index (κ3) is 6.56. The van der Waals surface area contributed by atoms with Gasteiger partial charge in [-0.2, -0.15) is 0 Å². The molecule has 0 saturated heterocycles. The summed E-state index contributed by atoms with van der Waals surface area (Å²) >= 11 is 0. The summed E-state index contributed by atoms with van der Waals surface area (Å²) in [7, 11) is 0. The Bertz CT molecular complexity index is 1430. The highest BCUT2D eigenvalue weighted by Crippen LogP contribution is 2.59. The largest absolute Gasteiger partial charge is 0.507 e. The summed E-state index contributed by atoms with van der Waals surface area (Å²) in [5.74, 6) is -5.32. The summed E-state index contributed by atoms with van der Waals surface area (Å²) in [5, 5.41) is 88.2. The molecule has 0 amide bonds. The summed E-state index contributed by atoms with van der Waals surface area (Å²) < 4.78 is 10.8. The molecule has 1 saturated carbocycles. The number of phenolic OH excluding ortho intramolecular Hbond substituents is 6. The Labute approximate surface area is 242 Å². The fourth-order valence-electron chi connectivity index (χ4n) is 4.58. The van der Waals surface area contributed by atoms with Crippen LogP contribution in [0.4, 0.5) is 11.4 Å². The molecule has 12 heteroatoms. The van der Waals surface area contributed by atoms with Crippen LogP contribution < -0.4 is 5.32 Å². The number of nitrogens with one attached hydrogen (secondary N) is 1. The molecule has 0 spiro atoms. The predicted molar refractivity (Wildman–Crippen MR) is 156 cm³/mol. The van der Waals surface area contributed by atoms with E-state index in [1.807, 2.05) is 13.8 Å². The maximum Gasteiger partial charge on any atom is 0.181 e. The minimum Gasteiger partial charge on any atom is -0.507 e. The highest BCUT2D eigenvalue weighted by atomic mass is 16.5. The van der Waals surface area contributed by atoms with E-state index in [-0.39, 0.29) is 29.2 Å². The zero-order valence-electron chi connectivity index (χ0n) is 23.6. The van der Waals surface area contributed by atoms with Crippen LogP contribution in [0.5, 0.6) is 34.5 Å². The quantitative estimate of drug-likeness (QED) is 0.0341. The van der Waals surface area contributed by atoms with Crippen LogP contribution in [0.25, 0.3) is 0 Å². The molecule has 0 aliphatic heterocycles. The average Bonchev–Trinajstić information content (AvgIpc) is 2.94. The highest BCUT2D eigenvalue weighted by Gasteiger charge is 2.54. The zero-order valence-corrected chi connectivity index (χ0v) is 23.6. The molecule has 2 aromatic rings. The number of benzene rings is 2. The molecular formula is C30H36N2O10. The van der Waals surface area contributed by atoms with E-state index in [9.17, 15) is 40.9 Å². The monoisotopic (exact) mass is 584 g/mol. The number of aliphatic hydroxyl groups excluding tert-OH is 2. The summed E-state index contributed by atoms with van der Waals surface area (Å²) in [4.78, 5) is 3.91. The number of nitrogens with zero attached hydrogens (tertiary/aromatic N) is 1. The van der Waals surface area contributed by atoms with Crippen molar-refractivity contribution in [1.82, 2.24) is 0 Å². The van der Waals surface area contributed by atoms with Crippen LogP contribution in [-0.2, 0) is 9.47 Å². The lowest BCUT2D eigenvalue weighted by molar-refractivity contribution is -0.0810. The van der Waals surface area contributed by atoms with Gasteiger partial charge in [0, 0.05) is 35.1 Å². The van der Waals surface area contributed by atoms with Crippen molar-refractivity contribution in [3.8, 4) is 34.5 Å². The second-order valence-electron chi connectivity index (χ2n) is 9.53. The van der Waals surface area contributed by atoms with Crippen LogP contribution in [0.15, 0.2) is 65.1 Å². The van der Waals surface area contributed by atoms with Gasteiger partial charge in [-0.05, 0) is 39.8 Å². The number of rotatable bonds is 11. The first-order valence-electron chi connectivity index (χ1n) is 13.0. The molecule has 226 valence electrons. The molecule has 0 bridgehead atoms. The number of anilines is 1. The van der Waals surface area contributed by atoms with Gasteiger partial charge in [0.05, 0.1) is 18.0 Å². The lowest BCUT2D eigenvalue weighted by Gasteiger charge is -2.47. The van der Waals surface area contributed by atoms with Crippen molar-refractivity contribution in [2.24, 2.45) is 4.99 Å². The molecule has 2 unspecified atom stereocenters. The van der Waals surface area contributed by atoms with E-state index in [0.717, 1.165) is 18.5 Å². The molecule has 1 fully saturated rings. The SMILES string of the molecule is C/C=C\C=C(/C)OC=Nc1c(O)cc(O)c(C2C(O)C(c3c(O)cc(O)c(NCO/C(C)=C/C=C\C)c3O)C2O)c1O. The van der Waals surface area contributed by atoms with Gasteiger partial charge in [0.2, 0.25) is 0 Å². The summed E-state index contributed by atoms with van der Waals surface area (Å²) in [5.41, 5.74) is -1.19. The number of aliphatic imine (C=N–C) groups is 1. The molecule has 1 aliphatic rings. The molecule has 9 N–H and O–H groups in total. The summed E-state index contributed by atoms with van der Waals surface area (Å²) in [6.07, 6.45) is 8.31. The van der Waals surface area contributed by atoms with Gasteiger partial charge in [0.15, 0.2) is 24.6 Å². The zero-order chi connectivity index (χ0) is 31.1. The van der Waals surface area contributed by atoms with E-state index in [0.29, 0.717) is 11.5 Å². The van der Waals surface area contributed by atoms with E-state index in [1.165, 1.54) is 0 Å². The number of phenols is 6. The second-order valence-corrected chi connectivity index (χ2v) is 9.53. The fraction of sp³-hybridized carbons (Fsp3) is 0.300. The Morgan fingerprint density at radius 1 is 0.786 bits per heavy atom. The van der Waals surface area contributed by atoms with Gasteiger partial charge >= 0.3 is 0 Å². The van der Waals surface area contributed by atoms with Crippen LogP contribution in [-0.4, -0.2) is 66.2 Å². The van der Waals surface area contributed by atoms with Crippen molar-refractivity contribution in [2.75, 3.05) is 12.0 Å². The molecule has 3 rings (SSSR count). The summed E-state index contributed by atoms with van der Waals surface area (Å²) in [6, 6.07) is 1.82. The molecule has 2 aromatic carbocycles. The van der Waals surface area contributed by atoms with E-state index >= 15 is 0 Å². The Balaban J connectivity index is 1.90. The predicted octanol–water partition coefficient (Wildman–Crippen LogP) is 4.55. The van der Waals surface area contributed by atoms with Crippen molar-refractivity contribution >= 4 is 17.8 Å². The maximum absolute atomic E-state index is 11.1. The number of ether oxygens (including phenoxy) is 2. The van der Waals surface area contributed by atoms with Crippen LogP contribution in [0.2, 0.25) is 0 Å². The minimum absolute atomic E-state index is 0.170. The van der Waals surface area contributed by atoms with Gasteiger partial charge in [0.25, 0.3) is 0 Å². The molecule has 0 aromatic heterocycles. The van der Waals surface area contributed by atoms with E-state index in [2.05, 4.69) is 10.3 Å². The van der Waals surface area contributed by atoms with Crippen LogP contribution in [0.1, 0.15) is 50.7 Å². The normalized spacial score (nSPS) is 21.3. The van der Waals surface area contributed by atoms with Crippen molar-refractivity contribution in [3.05, 3.63) is 71.2 Å². The van der Waals surface area contributed by atoms with Crippen LogP contribution >= 0.6 is 0 Å². The molecule has 0 heterocycles. The Morgan fingerprint density at radius 3 is 1.88 bits per heavy atom. The summed E-state index contributed by atoms with van der Waals surface area (Å²) in [6.45, 7) is 6.84. The molecule has 1 aliphatic carbocycles. The first-order valence-corrected chi connectivity index (χ1v) is 13.0. The van der Waals surface area contributed by atoms with Crippen molar-refractivity contribution < 1.29 is 50.3 Å². The number of hydrogen-bond donors (Lipinski definition) is 9. The van der Waals surface area contributed by atoms with Gasteiger partial charge in [-0.15, -0.1) is 0 Å². The first kappa shape index (κ1) is 31.7. The fourth-order valence-corrected chi connectivity index (χ4v) is 4.58. The number of aromatic hydroxyl groups is 6. The first-order chi connectivity index (χ1) is 19.9. The van der Waals surface area contributed by atoms with Gasteiger partial charge in [-0.1, -0.05) is 24.3 Å². The Hall–Kier alpha value is -4.81. The van der Waals surface area contributed by atoms with Gasteiger partial charge in [-0.3, -0.25) is 0 Å². The third-order valence-corrected chi connectivity index (χ3v) is 6.72. The third-order valence-electron chi connectivity index (χ3n) is 6.72. The van der Waals surface area contributed by atoms with Gasteiger partial charge in [0.1, 0.15) is 40.2 Å². The van der Waals surface area contributed by atoms with Crippen molar-refractivity contribution in [2.45, 2.75) is 51.7 Å². The minimum atomic E-state index is -1.54. The van der Waals surface area contributed by atoms with Crippen LogP contribution in [0, 0.1) is 0 Å². The topological polar surface area (TPSA) is 205 Å². The smallest absolute Gasteiger partial charge is 0.181 e. The molecule has 12 nitrogen and oxygen atoms in total. The highest BCUT2D eigenvalue weighted by molar-refractivity contribution is 5.75. The number of aliphatic hydroxyl groups is 2. The molecule has 42 heavy (non-hydrogen) atoms. The second kappa shape index (κ2) is 13.7. The Morgan fingerprint density at radius 2 is 1.31 bits per heavy atom. The number of hydrogen-bond acceptors (Lipinski definition) is 12. The maximum atomic E-state index is 11.1. The number of allylic oxidation sites excluding steroid dienone is 8.